The summed E-state index contributed by atoms with van der Waals surface area (Å²) >= 11 is 0. The highest BCUT2D eigenvalue weighted by Crippen LogP contribution is 2.12. The van der Waals surface area contributed by atoms with Gasteiger partial charge in [0.15, 0.2) is 0 Å². The van der Waals surface area contributed by atoms with Gasteiger partial charge in [-0.3, -0.25) is 9.59 Å². The number of rotatable bonds is 10. The van der Waals surface area contributed by atoms with Crippen LogP contribution in [-0.4, -0.2) is 17.9 Å². The molecule has 0 aromatic rings. The summed E-state index contributed by atoms with van der Waals surface area (Å²) in [6.07, 6.45) is 6.59. The van der Waals surface area contributed by atoms with E-state index in [1.165, 1.54) is 0 Å². The third kappa shape index (κ3) is 8.90. The third-order valence-corrected chi connectivity index (χ3v) is 2.45. The van der Waals surface area contributed by atoms with Gasteiger partial charge in [-0.1, -0.05) is 33.6 Å². The topological polar surface area (TPSA) is 43.4 Å². The fourth-order valence-corrected chi connectivity index (χ4v) is 1.55. The Morgan fingerprint density at radius 2 is 1.71 bits per heavy atom. The molecule has 0 aromatic carbocycles. The van der Waals surface area contributed by atoms with E-state index in [1.807, 2.05) is 13.8 Å². The van der Waals surface area contributed by atoms with Crippen LogP contribution < -0.4 is 0 Å². The van der Waals surface area contributed by atoms with Gasteiger partial charge in [0.2, 0.25) is 0 Å². The second kappa shape index (κ2) is 10.3. The van der Waals surface area contributed by atoms with E-state index in [9.17, 15) is 9.59 Å². The van der Waals surface area contributed by atoms with Crippen LogP contribution in [0.2, 0.25) is 0 Å². The van der Waals surface area contributed by atoms with Crippen LogP contribution in [0.4, 0.5) is 0 Å². The van der Waals surface area contributed by atoms with Crippen LogP contribution in [-0.2, 0) is 14.3 Å². The van der Waals surface area contributed by atoms with Crippen LogP contribution in [0.1, 0.15) is 65.7 Å². The maximum absolute atomic E-state index is 11.5. The number of unbranched alkanes of at least 4 members (excludes halogenated alkanes) is 1. The van der Waals surface area contributed by atoms with E-state index in [4.69, 9.17) is 4.74 Å². The average Bonchev–Trinajstić information content (AvgIpc) is 2.26. The lowest BCUT2D eigenvalue weighted by Gasteiger charge is -2.16. The minimum absolute atomic E-state index is 0.0814. The van der Waals surface area contributed by atoms with Crippen LogP contribution in [0, 0.1) is 6.42 Å². The number of ketones is 1. The molecule has 1 unspecified atom stereocenters. The van der Waals surface area contributed by atoms with Crippen molar-refractivity contribution in [1.29, 1.82) is 0 Å². The molecule has 17 heavy (non-hydrogen) atoms. The Labute approximate surface area is 105 Å². The molecule has 0 bridgehead atoms. The van der Waals surface area contributed by atoms with Crippen molar-refractivity contribution in [2.75, 3.05) is 0 Å². The van der Waals surface area contributed by atoms with Gasteiger partial charge in [-0.05, 0) is 19.3 Å². The number of carbonyl (C=O) groups is 2. The molecular weight excluding hydrogens is 216 g/mol. The lowest BCUT2D eigenvalue weighted by atomic mass is 10.0. The van der Waals surface area contributed by atoms with Crippen molar-refractivity contribution < 1.29 is 14.3 Å². The summed E-state index contributed by atoms with van der Waals surface area (Å²) < 4.78 is 5.29. The lowest BCUT2D eigenvalue weighted by Crippen LogP contribution is -2.22. The minimum Gasteiger partial charge on any atom is -0.462 e. The zero-order valence-electron chi connectivity index (χ0n) is 11.3. The van der Waals surface area contributed by atoms with Gasteiger partial charge in [-0.2, -0.15) is 0 Å². The third-order valence-electron chi connectivity index (χ3n) is 2.45. The smallest absolute Gasteiger partial charge is 0.306 e. The van der Waals surface area contributed by atoms with Gasteiger partial charge in [-0.25, -0.2) is 0 Å². The van der Waals surface area contributed by atoms with Crippen LogP contribution in [0.15, 0.2) is 0 Å². The predicted molar refractivity (Wildman–Crippen MR) is 68.5 cm³/mol. The van der Waals surface area contributed by atoms with Gasteiger partial charge in [0.05, 0.1) is 6.42 Å². The lowest BCUT2D eigenvalue weighted by molar-refractivity contribution is -0.148. The molecule has 0 aliphatic heterocycles. The monoisotopic (exact) mass is 241 g/mol. The van der Waals surface area contributed by atoms with E-state index < -0.39 is 0 Å². The van der Waals surface area contributed by atoms with Crippen LogP contribution in [0.5, 0.6) is 0 Å². The number of carbonyl (C=O) groups excluding carboxylic acids is 2. The molecule has 0 spiro atoms. The molecule has 1 atom stereocenters. The predicted octanol–water partition coefficient (Wildman–Crippen LogP) is 3.46. The van der Waals surface area contributed by atoms with Gasteiger partial charge in [0.1, 0.15) is 11.9 Å². The van der Waals surface area contributed by atoms with Crippen LogP contribution in [0.3, 0.4) is 0 Å². The Morgan fingerprint density at radius 3 is 2.24 bits per heavy atom. The number of Topliss-reactive ketones (excluding diaryl/α,β-unsaturated/α-hetero) is 1. The van der Waals surface area contributed by atoms with Crippen LogP contribution in [0.25, 0.3) is 0 Å². The van der Waals surface area contributed by atoms with E-state index >= 15 is 0 Å². The molecule has 0 aliphatic carbocycles. The Bertz CT molecular complexity index is 204. The highest BCUT2D eigenvalue weighted by Gasteiger charge is 2.17. The highest BCUT2D eigenvalue weighted by atomic mass is 16.5. The molecule has 0 rings (SSSR count). The average molecular weight is 241 g/mol. The largest absolute Gasteiger partial charge is 0.462 e. The number of esters is 1. The summed E-state index contributed by atoms with van der Waals surface area (Å²) in [5.74, 6) is -0.118. The molecule has 3 nitrogen and oxygen atoms in total. The second-order valence-corrected chi connectivity index (χ2v) is 4.30. The molecule has 0 aliphatic rings. The Balaban J connectivity index is 4.12. The zero-order valence-corrected chi connectivity index (χ0v) is 11.3. The van der Waals surface area contributed by atoms with E-state index in [0.717, 1.165) is 32.1 Å². The normalized spacial score (nSPS) is 12.2. The second-order valence-electron chi connectivity index (χ2n) is 4.30. The summed E-state index contributed by atoms with van der Waals surface area (Å²) in [6, 6.07) is 0. The molecular formula is C14H25O3. The Kier molecular flexibility index (Phi) is 9.78. The van der Waals surface area contributed by atoms with Gasteiger partial charge >= 0.3 is 5.97 Å². The summed E-state index contributed by atoms with van der Waals surface area (Å²) in [4.78, 5) is 22.9. The Morgan fingerprint density at radius 1 is 1.06 bits per heavy atom. The number of hydrogen-bond donors (Lipinski definition) is 0. The number of hydrogen-bond acceptors (Lipinski definition) is 3. The molecule has 0 saturated heterocycles. The molecule has 0 heterocycles. The number of ether oxygens (including phenoxy) is 1. The van der Waals surface area contributed by atoms with Crippen molar-refractivity contribution in [1.82, 2.24) is 0 Å². The molecule has 0 fully saturated rings. The SMILES string of the molecule is CCCCC([CH]C(=O)CCC)OC(=O)CCC. The maximum Gasteiger partial charge on any atom is 0.306 e. The van der Waals surface area contributed by atoms with E-state index in [1.54, 1.807) is 6.42 Å². The van der Waals surface area contributed by atoms with Crippen LogP contribution >= 0.6 is 0 Å². The standard InChI is InChI=1S/C14H25O3/c1-4-7-10-13(11-12(15)8-5-2)17-14(16)9-6-3/h11,13H,4-10H2,1-3H3. The first-order valence-electron chi connectivity index (χ1n) is 6.71. The van der Waals surface area contributed by atoms with Gasteiger partial charge < -0.3 is 4.74 Å². The van der Waals surface area contributed by atoms with Gasteiger partial charge in [-0.15, -0.1) is 0 Å². The molecule has 3 heteroatoms. The minimum atomic E-state index is -0.326. The highest BCUT2D eigenvalue weighted by molar-refractivity contribution is 5.87. The van der Waals surface area contributed by atoms with Crippen molar-refractivity contribution in [3.63, 3.8) is 0 Å². The Hall–Kier alpha value is -0.860. The summed E-state index contributed by atoms with van der Waals surface area (Å²) in [6.45, 7) is 5.99. The van der Waals surface area contributed by atoms with Crippen molar-refractivity contribution >= 4 is 11.8 Å². The molecule has 0 N–H and O–H groups in total. The van der Waals surface area contributed by atoms with E-state index in [2.05, 4.69) is 6.92 Å². The summed E-state index contributed by atoms with van der Waals surface area (Å²) in [5.41, 5.74) is 0. The summed E-state index contributed by atoms with van der Waals surface area (Å²) in [5, 5.41) is 0. The van der Waals surface area contributed by atoms with Crippen molar-refractivity contribution in [2.24, 2.45) is 0 Å². The van der Waals surface area contributed by atoms with Crippen molar-refractivity contribution in [3.8, 4) is 0 Å². The molecule has 99 valence electrons. The first-order valence-corrected chi connectivity index (χ1v) is 6.71. The fraction of sp³-hybridized carbons (Fsp3) is 0.786. The van der Waals surface area contributed by atoms with Crippen molar-refractivity contribution in [2.45, 2.75) is 71.8 Å². The molecule has 0 amide bonds. The first kappa shape index (κ1) is 16.1. The molecule has 0 saturated carbocycles. The quantitative estimate of drug-likeness (QED) is 0.550. The van der Waals surface area contributed by atoms with Gasteiger partial charge in [0, 0.05) is 12.8 Å². The van der Waals surface area contributed by atoms with Gasteiger partial charge in [0.25, 0.3) is 0 Å². The molecule has 0 aromatic heterocycles. The maximum atomic E-state index is 11.5. The first-order chi connectivity index (χ1) is 8.13. The molecule has 1 radical (unpaired) electrons. The zero-order chi connectivity index (χ0) is 13.1. The van der Waals surface area contributed by atoms with Crippen molar-refractivity contribution in [3.05, 3.63) is 6.42 Å². The summed E-state index contributed by atoms with van der Waals surface area (Å²) in [7, 11) is 0. The fourth-order valence-electron chi connectivity index (χ4n) is 1.55. The van der Waals surface area contributed by atoms with E-state index in [-0.39, 0.29) is 17.9 Å². The van der Waals surface area contributed by atoms with E-state index in [0.29, 0.717) is 12.8 Å².